The maximum absolute atomic E-state index is 13.4. The van der Waals surface area contributed by atoms with Crippen LogP contribution < -0.4 is 5.73 Å². The van der Waals surface area contributed by atoms with Crippen molar-refractivity contribution in [1.82, 2.24) is 4.90 Å². The van der Waals surface area contributed by atoms with Crippen LogP contribution in [0.3, 0.4) is 0 Å². The van der Waals surface area contributed by atoms with Gasteiger partial charge in [-0.25, -0.2) is 13.2 Å². The second-order valence-corrected chi connectivity index (χ2v) is 3.84. The Balaban J connectivity index is 3.11. The molecule has 0 heterocycles. The van der Waals surface area contributed by atoms with E-state index in [1.807, 2.05) is 0 Å². The van der Waals surface area contributed by atoms with Gasteiger partial charge in [0, 0.05) is 7.05 Å². The lowest BCUT2D eigenvalue weighted by Crippen LogP contribution is -2.44. The summed E-state index contributed by atoms with van der Waals surface area (Å²) in [6, 6.07) is 0.629. The number of halogens is 3. The fourth-order valence-corrected chi connectivity index (χ4v) is 1.34. The number of nitrogens with zero attached hydrogens (tertiary/aromatic N) is 2. The van der Waals surface area contributed by atoms with Gasteiger partial charge in [0.15, 0.2) is 23.3 Å². The minimum absolute atomic E-state index is 0.279. The maximum atomic E-state index is 13.4. The summed E-state index contributed by atoms with van der Waals surface area (Å²) in [4.78, 5) is 12.8. The molecule has 5 nitrogen and oxygen atoms in total. The zero-order chi connectivity index (χ0) is 14.7. The Kier molecular flexibility index (Phi) is 4.36. The van der Waals surface area contributed by atoms with Crippen LogP contribution in [0.15, 0.2) is 17.3 Å². The predicted molar refractivity (Wildman–Crippen MR) is 61.3 cm³/mol. The molecule has 104 valence electrons. The van der Waals surface area contributed by atoms with E-state index in [0.717, 1.165) is 11.0 Å². The highest BCUT2D eigenvalue weighted by atomic mass is 19.2. The topological polar surface area (TPSA) is 78.9 Å². The molecule has 1 rings (SSSR count). The Morgan fingerprint density at radius 3 is 2.47 bits per heavy atom. The number of amides is 1. The first-order chi connectivity index (χ1) is 8.81. The number of nitrogens with two attached hydrogens (primary N) is 1. The van der Waals surface area contributed by atoms with Crippen LogP contribution in [0.1, 0.15) is 17.3 Å². The van der Waals surface area contributed by atoms with Gasteiger partial charge in [0.2, 0.25) is 0 Å². The third-order valence-corrected chi connectivity index (χ3v) is 2.71. The molecule has 19 heavy (non-hydrogen) atoms. The van der Waals surface area contributed by atoms with Gasteiger partial charge >= 0.3 is 0 Å². The van der Waals surface area contributed by atoms with Crippen molar-refractivity contribution in [3.63, 3.8) is 0 Å². The van der Waals surface area contributed by atoms with Crippen LogP contribution in [0.5, 0.6) is 0 Å². The lowest BCUT2D eigenvalue weighted by atomic mass is 10.1. The van der Waals surface area contributed by atoms with E-state index in [1.54, 1.807) is 0 Å². The van der Waals surface area contributed by atoms with E-state index in [1.165, 1.54) is 14.0 Å². The molecule has 1 aromatic rings. The van der Waals surface area contributed by atoms with E-state index in [0.29, 0.717) is 6.07 Å². The largest absolute Gasteiger partial charge is 0.409 e. The quantitative estimate of drug-likeness (QED) is 0.287. The van der Waals surface area contributed by atoms with Gasteiger partial charge in [-0.15, -0.1) is 0 Å². The summed E-state index contributed by atoms with van der Waals surface area (Å²) in [7, 11) is 1.26. The van der Waals surface area contributed by atoms with Crippen molar-refractivity contribution in [2.24, 2.45) is 10.9 Å². The summed E-state index contributed by atoms with van der Waals surface area (Å²) in [6.45, 7) is 1.42. The molecule has 0 aliphatic rings. The lowest BCUT2D eigenvalue weighted by Gasteiger charge is -2.24. The molecule has 8 heteroatoms. The highest BCUT2D eigenvalue weighted by Crippen LogP contribution is 2.17. The molecular formula is C11H12F3N3O2. The number of hydrogen-bond donors (Lipinski definition) is 2. The first kappa shape index (κ1) is 14.8. The minimum atomic E-state index is -1.73. The Morgan fingerprint density at radius 1 is 1.37 bits per heavy atom. The van der Waals surface area contributed by atoms with Crippen LogP contribution in [0.25, 0.3) is 0 Å². The van der Waals surface area contributed by atoms with Gasteiger partial charge in [0.05, 0.1) is 11.6 Å². The molecule has 0 spiro atoms. The number of carbonyl (C=O) groups excluding carboxylic acids is 1. The van der Waals surface area contributed by atoms with E-state index in [9.17, 15) is 18.0 Å². The maximum Gasteiger partial charge on any atom is 0.257 e. The number of amidine groups is 1. The molecule has 0 aromatic heterocycles. The van der Waals surface area contributed by atoms with Gasteiger partial charge in [-0.05, 0) is 19.1 Å². The highest BCUT2D eigenvalue weighted by Gasteiger charge is 2.25. The van der Waals surface area contributed by atoms with E-state index in [-0.39, 0.29) is 5.84 Å². The molecule has 1 atom stereocenters. The average Bonchev–Trinajstić information content (AvgIpc) is 2.41. The van der Waals surface area contributed by atoms with Gasteiger partial charge < -0.3 is 15.8 Å². The predicted octanol–water partition coefficient (Wildman–Crippen LogP) is 1.31. The lowest BCUT2D eigenvalue weighted by molar-refractivity contribution is 0.0770. The van der Waals surface area contributed by atoms with Crippen molar-refractivity contribution in [1.29, 1.82) is 0 Å². The first-order valence-corrected chi connectivity index (χ1v) is 5.19. The molecule has 0 aliphatic carbocycles. The monoisotopic (exact) mass is 275 g/mol. The van der Waals surface area contributed by atoms with Gasteiger partial charge in [0.25, 0.3) is 5.91 Å². The van der Waals surface area contributed by atoms with Crippen molar-refractivity contribution < 1.29 is 23.2 Å². The van der Waals surface area contributed by atoms with Crippen LogP contribution in [0.2, 0.25) is 0 Å². The van der Waals surface area contributed by atoms with Crippen molar-refractivity contribution in [2.75, 3.05) is 7.05 Å². The van der Waals surface area contributed by atoms with E-state index < -0.39 is 35.0 Å². The molecule has 0 fully saturated rings. The Hall–Kier alpha value is -2.25. The molecule has 3 N–H and O–H groups in total. The molecule has 0 saturated heterocycles. The molecule has 1 aromatic carbocycles. The Labute approximate surface area is 107 Å². The minimum Gasteiger partial charge on any atom is -0.409 e. The Bertz CT molecular complexity index is 534. The highest BCUT2D eigenvalue weighted by molar-refractivity contribution is 5.98. The van der Waals surface area contributed by atoms with Gasteiger partial charge in [0.1, 0.15) is 0 Å². The SMILES string of the molecule is CC(C(N)=NO)N(C)C(=O)c1ccc(F)c(F)c1F. The average molecular weight is 275 g/mol. The van der Waals surface area contributed by atoms with Gasteiger partial charge in [-0.2, -0.15) is 0 Å². The van der Waals surface area contributed by atoms with Gasteiger partial charge in [-0.3, -0.25) is 4.79 Å². The number of hydrogen-bond acceptors (Lipinski definition) is 3. The zero-order valence-electron chi connectivity index (χ0n) is 10.2. The van der Waals surface area contributed by atoms with Crippen LogP contribution in [0, 0.1) is 17.5 Å². The number of oxime groups is 1. The fraction of sp³-hybridized carbons (Fsp3) is 0.273. The second kappa shape index (κ2) is 5.59. The van der Waals surface area contributed by atoms with Crippen LogP contribution in [-0.2, 0) is 0 Å². The van der Waals surface area contributed by atoms with Crippen molar-refractivity contribution in [3.8, 4) is 0 Å². The first-order valence-electron chi connectivity index (χ1n) is 5.19. The summed E-state index contributed by atoms with van der Waals surface area (Å²) in [5, 5.41) is 11.2. The van der Waals surface area contributed by atoms with Crippen LogP contribution in [0.4, 0.5) is 13.2 Å². The van der Waals surface area contributed by atoms with E-state index in [2.05, 4.69) is 5.16 Å². The molecule has 1 amide bonds. The van der Waals surface area contributed by atoms with Crippen molar-refractivity contribution in [2.45, 2.75) is 13.0 Å². The van der Waals surface area contributed by atoms with Crippen molar-refractivity contribution >= 4 is 11.7 Å². The summed E-state index contributed by atoms with van der Waals surface area (Å²) in [5.74, 6) is -5.89. The second-order valence-electron chi connectivity index (χ2n) is 3.84. The fourth-order valence-electron chi connectivity index (χ4n) is 1.34. The number of carbonyl (C=O) groups is 1. The number of likely N-dealkylation sites (N-methyl/N-ethyl adjacent to an activating group) is 1. The van der Waals surface area contributed by atoms with Gasteiger partial charge in [-0.1, -0.05) is 5.16 Å². The van der Waals surface area contributed by atoms with Crippen LogP contribution in [-0.4, -0.2) is 34.9 Å². The third kappa shape index (κ3) is 2.78. The summed E-state index contributed by atoms with van der Waals surface area (Å²) >= 11 is 0. The number of rotatable bonds is 3. The van der Waals surface area contributed by atoms with Crippen LogP contribution >= 0.6 is 0 Å². The summed E-state index contributed by atoms with van der Waals surface area (Å²) < 4.78 is 39.2. The summed E-state index contributed by atoms with van der Waals surface area (Å²) in [5.41, 5.74) is 4.66. The molecule has 0 aliphatic heterocycles. The normalized spacial score (nSPS) is 13.2. The zero-order valence-corrected chi connectivity index (χ0v) is 10.2. The molecule has 0 saturated carbocycles. The molecule has 1 unspecified atom stereocenters. The molecule has 0 bridgehead atoms. The summed E-state index contributed by atoms with van der Waals surface area (Å²) in [6.07, 6.45) is 0. The number of benzene rings is 1. The standard InChI is InChI=1S/C11H12F3N3O2/c1-5(10(15)16-19)17(2)11(18)6-3-4-7(12)9(14)8(6)13/h3-5,19H,1-2H3,(H2,15,16). The van der Waals surface area contributed by atoms with E-state index in [4.69, 9.17) is 10.9 Å². The Morgan fingerprint density at radius 2 is 1.95 bits per heavy atom. The molecule has 0 radical (unpaired) electrons. The smallest absolute Gasteiger partial charge is 0.257 e. The third-order valence-electron chi connectivity index (χ3n) is 2.71. The molecular weight excluding hydrogens is 263 g/mol. The van der Waals surface area contributed by atoms with E-state index >= 15 is 0 Å². The van der Waals surface area contributed by atoms with Crippen molar-refractivity contribution in [3.05, 3.63) is 35.1 Å².